The summed E-state index contributed by atoms with van der Waals surface area (Å²) >= 11 is 0.951. The second kappa shape index (κ2) is 5.37. The first kappa shape index (κ1) is 12.2. The van der Waals surface area contributed by atoms with E-state index in [2.05, 4.69) is 14.1 Å². The minimum atomic E-state index is -0.915. The summed E-state index contributed by atoms with van der Waals surface area (Å²) < 4.78 is 7.54. The molecule has 0 saturated heterocycles. The van der Waals surface area contributed by atoms with E-state index in [1.807, 2.05) is 0 Å². The van der Waals surface area contributed by atoms with Gasteiger partial charge in [-0.1, -0.05) is 12.1 Å². The number of carboxylic acids is 1. The quantitative estimate of drug-likeness (QED) is 0.870. The van der Waals surface area contributed by atoms with Gasteiger partial charge in [0.2, 0.25) is 0 Å². The Hall–Kier alpha value is -2.28. The lowest BCUT2D eigenvalue weighted by Crippen LogP contribution is -2.12. The molecule has 6 nitrogen and oxygen atoms in total. The molecule has 1 heterocycles. The van der Waals surface area contributed by atoms with Crippen LogP contribution in [0.3, 0.4) is 0 Å². The number of amides is 1. The van der Waals surface area contributed by atoms with Crippen molar-refractivity contribution in [1.29, 1.82) is 0 Å². The van der Waals surface area contributed by atoms with Gasteiger partial charge in [0.15, 0.2) is 5.69 Å². The molecule has 0 saturated carbocycles. The number of anilines is 1. The SMILES string of the molecule is O=C(O)Cc1cccc(NC(=O)c2cnsn2)c1. The van der Waals surface area contributed by atoms with Gasteiger partial charge in [-0.25, -0.2) is 0 Å². The summed E-state index contributed by atoms with van der Waals surface area (Å²) in [5.74, 6) is -1.28. The largest absolute Gasteiger partial charge is 0.481 e. The van der Waals surface area contributed by atoms with E-state index in [1.54, 1.807) is 24.3 Å². The number of nitrogens with zero attached hydrogens (tertiary/aromatic N) is 2. The molecule has 0 fully saturated rings. The molecular formula is C11H9N3O3S. The number of hydrogen-bond acceptors (Lipinski definition) is 5. The molecule has 0 aliphatic rings. The van der Waals surface area contributed by atoms with Gasteiger partial charge in [0.05, 0.1) is 24.3 Å². The van der Waals surface area contributed by atoms with Crippen LogP contribution in [0.5, 0.6) is 0 Å². The summed E-state index contributed by atoms with van der Waals surface area (Å²) in [6.45, 7) is 0. The van der Waals surface area contributed by atoms with Crippen molar-refractivity contribution >= 4 is 29.3 Å². The summed E-state index contributed by atoms with van der Waals surface area (Å²) in [7, 11) is 0. The Balaban J connectivity index is 2.10. The van der Waals surface area contributed by atoms with Crippen molar-refractivity contribution in [3.05, 3.63) is 41.7 Å². The molecule has 0 spiro atoms. The Labute approximate surface area is 107 Å². The van der Waals surface area contributed by atoms with Gasteiger partial charge in [-0.2, -0.15) is 8.75 Å². The van der Waals surface area contributed by atoms with E-state index in [9.17, 15) is 9.59 Å². The van der Waals surface area contributed by atoms with Crippen LogP contribution in [0.4, 0.5) is 5.69 Å². The molecule has 0 radical (unpaired) electrons. The molecule has 92 valence electrons. The zero-order valence-corrected chi connectivity index (χ0v) is 9.98. The van der Waals surface area contributed by atoms with E-state index in [-0.39, 0.29) is 18.0 Å². The molecule has 2 aromatic rings. The van der Waals surface area contributed by atoms with Crippen LogP contribution in [0.1, 0.15) is 16.1 Å². The highest BCUT2D eigenvalue weighted by molar-refractivity contribution is 6.99. The maximum absolute atomic E-state index is 11.7. The number of rotatable bonds is 4. The molecule has 0 bridgehead atoms. The van der Waals surface area contributed by atoms with Gasteiger partial charge in [-0.05, 0) is 17.7 Å². The molecular weight excluding hydrogens is 254 g/mol. The lowest BCUT2D eigenvalue weighted by Gasteiger charge is -2.04. The van der Waals surface area contributed by atoms with Crippen molar-refractivity contribution in [2.24, 2.45) is 0 Å². The Bertz CT molecular complexity index is 569. The molecule has 0 aliphatic carbocycles. The second-order valence-corrected chi connectivity index (χ2v) is 4.07. The molecule has 2 rings (SSSR count). The monoisotopic (exact) mass is 263 g/mol. The fourth-order valence-corrected chi connectivity index (χ4v) is 1.81. The van der Waals surface area contributed by atoms with Crippen LogP contribution in [-0.2, 0) is 11.2 Å². The molecule has 0 aliphatic heterocycles. The molecule has 0 atom stereocenters. The Kier molecular flexibility index (Phi) is 3.63. The topological polar surface area (TPSA) is 92.2 Å². The highest BCUT2D eigenvalue weighted by Crippen LogP contribution is 2.12. The maximum atomic E-state index is 11.7. The number of hydrogen-bond donors (Lipinski definition) is 2. The minimum Gasteiger partial charge on any atom is -0.481 e. The van der Waals surface area contributed by atoms with Gasteiger partial charge < -0.3 is 10.4 Å². The van der Waals surface area contributed by atoms with Crippen LogP contribution < -0.4 is 5.32 Å². The Morgan fingerprint density at radius 2 is 2.22 bits per heavy atom. The highest BCUT2D eigenvalue weighted by atomic mass is 32.1. The lowest BCUT2D eigenvalue weighted by atomic mass is 10.1. The third-order valence-corrected chi connectivity index (χ3v) is 2.61. The average Bonchev–Trinajstić information content (AvgIpc) is 2.81. The third kappa shape index (κ3) is 3.11. The fourth-order valence-electron chi connectivity index (χ4n) is 1.39. The Morgan fingerprint density at radius 1 is 1.39 bits per heavy atom. The molecule has 7 heteroatoms. The molecule has 2 N–H and O–H groups in total. The minimum absolute atomic E-state index is 0.0814. The summed E-state index contributed by atoms with van der Waals surface area (Å²) in [4.78, 5) is 22.3. The van der Waals surface area contributed by atoms with E-state index in [1.165, 1.54) is 6.20 Å². The van der Waals surface area contributed by atoms with Crippen molar-refractivity contribution in [2.75, 3.05) is 5.32 Å². The van der Waals surface area contributed by atoms with Gasteiger partial charge in [0.25, 0.3) is 5.91 Å². The van der Waals surface area contributed by atoms with Crippen LogP contribution in [0.25, 0.3) is 0 Å². The van der Waals surface area contributed by atoms with Gasteiger partial charge in [-0.3, -0.25) is 9.59 Å². The Morgan fingerprint density at radius 3 is 2.89 bits per heavy atom. The molecule has 0 unspecified atom stereocenters. The molecule has 1 amide bonds. The van der Waals surface area contributed by atoms with E-state index in [4.69, 9.17) is 5.11 Å². The predicted octanol–water partition coefficient (Wildman–Crippen LogP) is 1.42. The summed E-state index contributed by atoms with van der Waals surface area (Å²) in [5, 5.41) is 11.3. The van der Waals surface area contributed by atoms with E-state index >= 15 is 0 Å². The number of nitrogens with one attached hydrogen (secondary N) is 1. The summed E-state index contributed by atoms with van der Waals surface area (Å²) in [6.07, 6.45) is 1.29. The first-order valence-electron chi connectivity index (χ1n) is 5.05. The van der Waals surface area contributed by atoms with Gasteiger partial charge in [0, 0.05) is 5.69 Å². The number of carboxylic acid groups (broad SMARTS) is 1. The molecule has 18 heavy (non-hydrogen) atoms. The third-order valence-electron chi connectivity index (χ3n) is 2.13. The van der Waals surface area contributed by atoms with Crippen molar-refractivity contribution in [3.63, 3.8) is 0 Å². The second-order valence-electron chi connectivity index (χ2n) is 3.52. The van der Waals surface area contributed by atoms with Crippen molar-refractivity contribution in [3.8, 4) is 0 Å². The van der Waals surface area contributed by atoms with Gasteiger partial charge >= 0.3 is 5.97 Å². The standard InChI is InChI=1S/C11H9N3O3S/c15-10(16)5-7-2-1-3-8(4-7)13-11(17)9-6-12-18-14-9/h1-4,6H,5H2,(H,13,17)(H,15,16). The smallest absolute Gasteiger partial charge is 0.307 e. The highest BCUT2D eigenvalue weighted by Gasteiger charge is 2.09. The first-order valence-corrected chi connectivity index (χ1v) is 5.78. The van der Waals surface area contributed by atoms with Gasteiger partial charge in [0.1, 0.15) is 0 Å². The molecule has 1 aromatic heterocycles. The van der Waals surface area contributed by atoms with Crippen LogP contribution in [0, 0.1) is 0 Å². The fraction of sp³-hybridized carbons (Fsp3) is 0.0909. The predicted molar refractivity (Wildman–Crippen MR) is 65.6 cm³/mol. The zero-order chi connectivity index (χ0) is 13.0. The van der Waals surface area contributed by atoms with Crippen molar-refractivity contribution < 1.29 is 14.7 Å². The summed E-state index contributed by atoms with van der Waals surface area (Å²) in [6, 6.07) is 6.68. The number of benzene rings is 1. The number of aliphatic carboxylic acids is 1. The van der Waals surface area contributed by atoms with E-state index in [0.717, 1.165) is 11.7 Å². The van der Waals surface area contributed by atoms with E-state index in [0.29, 0.717) is 11.3 Å². The van der Waals surface area contributed by atoms with Crippen LogP contribution >= 0.6 is 11.7 Å². The first-order chi connectivity index (χ1) is 8.65. The van der Waals surface area contributed by atoms with Crippen LogP contribution in [0.2, 0.25) is 0 Å². The number of carbonyl (C=O) groups excluding carboxylic acids is 1. The zero-order valence-electron chi connectivity index (χ0n) is 9.16. The number of carbonyl (C=O) groups is 2. The lowest BCUT2D eigenvalue weighted by molar-refractivity contribution is -0.136. The van der Waals surface area contributed by atoms with Gasteiger partial charge in [-0.15, -0.1) is 0 Å². The maximum Gasteiger partial charge on any atom is 0.307 e. The van der Waals surface area contributed by atoms with Crippen LogP contribution in [-0.4, -0.2) is 25.7 Å². The average molecular weight is 263 g/mol. The van der Waals surface area contributed by atoms with Crippen molar-refractivity contribution in [2.45, 2.75) is 6.42 Å². The number of aromatic nitrogens is 2. The normalized spacial score (nSPS) is 10.0. The van der Waals surface area contributed by atoms with E-state index < -0.39 is 5.97 Å². The van der Waals surface area contributed by atoms with Crippen LogP contribution in [0.15, 0.2) is 30.5 Å². The molecule has 1 aromatic carbocycles. The van der Waals surface area contributed by atoms with Crippen molar-refractivity contribution in [1.82, 2.24) is 8.75 Å². The summed E-state index contributed by atoms with van der Waals surface area (Å²) in [5.41, 5.74) is 1.40.